The normalized spacial score (nSPS) is 18.4. The third-order valence-corrected chi connectivity index (χ3v) is 5.31. The monoisotopic (exact) mass is 330 g/mol. The zero-order valence-corrected chi connectivity index (χ0v) is 13.9. The van der Waals surface area contributed by atoms with Crippen molar-refractivity contribution in [3.05, 3.63) is 60.1 Å². The number of hydrogen-bond donors (Lipinski definition) is 1. The van der Waals surface area contributed by atoms with E-state index in [1.165, 1.54) is 5.56 Å². The molecule has 1 saturated heterocycles. The Balaban J connectivity index is 1.44. The minimum absolute atomic E-state index is 0.0432. The Morgan fingerprint density at radius 1 is 1.22 bits per heavy atom. The SMILES string of the molecule is O=C(NCCc1ccccc1)N1CCS[C@@H](c2ccco2)CC1. The van der Waals surface area contributed by atoms with Crippen molar-refractivity contribution in [2.75, 3.05) is 25.4 Å². The van der Waals surface area contributed by atoms with Gasteiger partial charge in [0.2, 0.25) is 0 Å². The molecule has 122 valence electrons. The third-order valence-electron chi connectivity index (χ3n) is 4.02. The number of nitrogens with zero attached hydrogens (tertiary/aromatic N) is 1. The Bertz CT molecular complexity index is 601. The Morgan fingerprint density at radius 3 is 2.87 bits per heavy atom. The van der Waals surface area contributed by atoms with Gasteiger partial charge in [-0.3, -0.25) is 0 Å². The number of carbonyl (C=O) groups is 1. The first-order chi connectivity index (χ1) is 11.3. The number of benzene rings is 1. The molecule has 0 spiro atoms. The Labute approximate surface area is 141 Å². The van der Waals surface area contributed by atoms with Gasteiger partial charge in [0.25, 0.3) is 0 Å². The number of furan rings is 1. The molecule has 4 nitrogen and oxygen atoms in total. The molecule has 1 aliphatic heterocycles. The summed E-state index contributed by atoms with van der Waals surface area (Å²) < 4.78 is 5.50. The summed E-state index contributed by atoms with van der Waals surface area (Å²) in [7, 11) is 0. The molecule has 0 bridgehead atoms. The van der Waals surface area contributed by atoms with Gasteiger partial charge in [-0.25, -0.2) is 4.79 Å². The minimum Gasteiger partial charge on any atom is -0.468 e. The van der Waals surface area contributed by atoms with Gasteiger partial charge in [-0.1, -0.05) is 30.3 Å². The number of carbonyl (C=O) groups excluding carboxylic acids is 1. The van der Waals surface area contributed by atoms with Crippen molar-refractivity contribution in [3.8, 4) is 0 Å². The van der Waals surface area contributed by atoms with Crippen LogP contribution in [0.25, 0.3) is 0 Å². The van der Waals surface area contributed by atoms with Crippen LogP contribution in [-0.4, -0.2) is 36.3 Å². The van der Waals surface area contributed by atoms with E-state index in [2.05, 4.69) is 17.4 Å². The van der Waals surface area contributed by atoms with Crippen LogP contribution >= 0.6 is 11.8 Å². The standard InChI is InChI=1S/C18H22N2O2S/c21-18(19-10-8-15-5-2-1-3-6-15)20-11-9-17(23-14-12-20)16-7-4-13-22-16/h1-7,13,17H,8-12,14H2,(H,19,21)/t17-/m1/s1. The van der Waals surface area contributed by atoms with E-state index in [0.717, 1.165) is 37.4 Å². The van der Waals surface area contributed by atoms with Crippen molar-refractivity contribution < 1.29 is 9.21 Å². The largest absolute Gasteiger partial charge is 0.468 e. The molecule has 1 N–H and O–H groups in total. The van der Waals surface area contributed by atoms with Gasteiger partial charge < -0.3 is 14.6 Å². The molecule has 2 heterocycles. The quantitative estimate of drug-likeness (QED) is 0.929. The average Bonchev–Trinajstić information content (AvgIpc) is 3.00. The van der Waals surface area contributed by atoms with Crippen molar-refractivity contribution in [2.45, 2.75) is 18.1 Å². The lowest BCUT2D eigenvalue weighted by Crippen LogP contribution is -2.41. The van der Waals surface area contributed by atoms with E-state index in [0.29, 0.717) is 11.8 Å². The van der Waals surface area contributed by atoms with Gasteiger partial charge >= 0.3 is 6.03 Å². The first-order valence-corrected chi connectivity index (χ1v) is 9.09. The van der Waals surface area contributed by atoms with Crippen molar-refractivity contribution in [2.24, 2.45) is 0 Å². The maximum absolute atomic E-state index is 12.3. The fourth-order valence-corrected chi connectivity index (χ4v) is 3.93. The molecule has 1 aliphatic rings. The van der Waals surface area contributed by atoms with Crippen LogP contribution < -0.4 is 5.32 Å². The first kappa shape index (κ1) is 16.0. The third kappa shape index (κ3) is 4.55. The van der Waals surface area contributed by atoms with Crippen LogP contribution in [0.15, 0.2) is 53.1 Å². The molecule has 1 fully saturated rings. The molecule has 1 aromatic carbocycles. The fraction of sp³-hybridized carbons (Fsp3) is 0.389. The average molecular weight is 330 g/mol. The molecule has 1 atom stereocenters. The van der Waals surface area contributed by atoms with E-state index in [4.69, 9.17) is 4.42 Å². The van der Waals surface area contributed by atoms with E-state index >= 15 is 0 Å². The second-order valence-electron chi connectivity index (χ2n) is 5.62. The zero-order valence-electron chi connectivity index (χ0n) is 13.1. The van der Waals surface area contributed by atoms with Gasteiger partial charge in [0.1, 0.15) is 5.76 Å². The highest BCUT2D eigenvalue weighted by atomic mass is 32.2. The molecule has 0 aliphatic carbocycles. The Kier molecular flexibility index (Phi) is 5.64. The number of urea groups is 1. The summed E-state index contributed by atoms with van der Waals surface area (Å²) in [5, 5.41) is 3.39. The molecular formula is C18H22N2O2S. The van der Waals surface area contributed by atoms with Crippen LogP contribution in [0, 0.1) is 0 Å². The first-order valence-electron chi connectivity index (χ1n) is 8.04. The molecule has 5 heteroatoms. The summed E-state index contributed by atoms with van der Waals surface area (Å²) in [5.41, 5.74) is 1.25. The number of amides is 2. The molecule has 3 rings (SSSR count). The molecule has 0 unspecified atom stereocenters. The number of nitrogens with one attached hydrogen (secondary N) is 1. The van der Waals surface area contributed by atoms with E-state index in [1.54, 1.807) is 6.26 Å². The molecule has 0 radical (unpaired) electrons. The topological polar surface area (TPSA) is 45.5 Å². The Morgan fingerprint density at radius 2 is 2.09 bits per heavy atom. The minimum atomic E-state index is 0.0432. The molecule has 2 aromatic rings. The van der Waals surface area contributed by atoms with E-state index in [9.17, 15) is 4.79 Å². The second kappa shape index (κ2) is 8.11. The molecule has 23 heavy (non-hydrogen) atoms. The van der Waals surface area contributed by atoms with Gasteiger partial charge in [0.15, 0.2) is 0 Å². The molecule has 0 saturated carbocycles. The summed E-state index contributed by atoms with van der Waals surface area (Å²) in [6, 6.07) is 14.2. The van der Waals surface area contributed by atoms with E-state index < -0.39 is 0 Å². The van der Waals surface area contributed by atoms with Crippen LogP contribution in [0.3, 0.4) is 0 Å². The van der Waals surface area contributed by atoms with Gasteiger partial charge in [-0.15, -0.1) is 11.8 Å². The lowest BCUT2D eigenvalue weighted by molar-refractivity contribution is 0.201. The van der Waals surface area contributed by atoms with Crippen LogP contribution in [-0.2, 0) is 6.42 Å². The van der Waals surface area contributed by atoms with Crippen molar-refractivity contribution in [1.29, 1.82) is 0 Å². The summed E-state index contributed by atoms with van der Waals surface area (Å²) >= 11 is 1.87. The maximum Gasteiger partial charge on any atom is 0.317 e. The summed E-state index contributed by atoms with van der Waals surface area (Å²) in [5.74, 6) is 1.96. The molecule has 1 aromatic heterocycles. The molecule has 2 amide bonds. The van der Waals surface area contributed by atoms with E-state index in [1.807, 2.05) is 47.0 Å². The van der Waals surface area contributed by atoms with Crippen LogP contribution in [0.4, 0.5) is 4.79 Å². The van der Waals surface area contributed by atoms with Crippen molar-refractivity contribution in [3.63, 3.8) is 0 Å². The highest BCUT2D eigenvalue weighted by Gasteiger charge is 2.23. The highest BCUT2D eigenvalue weighted by Crippen LogP contribution is 2.34. The summed E-state index contributed by atoms with van der Waals surface area (Å²) in [6.07, 6.45) is 3.52. The van der Waals surface area contributed by atoms with Crippen LogP contribution in [0.1, 0.15) is 23.0 Å². The van der Waals surface area contributed by atoms with Crippen molar-refractivity contribution >= 4 is 17.8 Å². The predicted molar refractivity (Wildman–Crippen MR) is 93.6 cm³/mol. The summed E-state index contributed by atoms with van der Waals surface area (Å²) in [4.78, 5) is 14.2. The van der Waals surface area contributed by atoms with Crippen molar-refractivity contribution in [1.82, 2.24) is 10.2 Å². The highest BCUT2D eigenvalue weighted by molar-refractivity contribution is 7.99. The number of hydrogen-bond acceptors (Lipinski definition) is 3. The van der Waals surface area contributed by atoms with Crippen LogP contribution in [0.2, 0.25) is 0 Å². The lowest BCUT2D eigenvalue weighted by Gasteiger charge is -2.20. The van der Waals surface area contributed by atoms with Gasteiger partial charge in [0.05, 0.1) is 11.5 Å². The lowest BCUT2D eigenvalue weighted by atomic mass is 10.1. The predicted octanol–water partition coefficient (Wildman–Crippen LogP) is 3.71. The summed E-state index contributed by atoms with van der Waals surface area (Å²) in [6.45, 7) is 2.24. The van der Waals surface area contributed by atoms with Gasteiger partial charge in [-0.05, 0) is 30.5 Å². The fourth-order valence-electron chi connectivity index (χ4n) is 2.75. The smallest absolute Gasteiger partial charge is 0.317 e. The van der Waals surface area contributed by atoms with Gasteiger partial charge in [0, 0.05) is 25.4 Å². The number of thioether (sulfide) groups is 1. The Hall–Kier alpha value is -1.88. The van der Waals surface area contributed by atoms with Crippen LogP contribution in [0.5, 0.6) is 0 Å². The maximum atomic E-state index is 12.3. The number of rotatable bonds is 4. The second-order valence-corrected chi connectivity index (χ2v) is 6.93. The van der Waals surface area contributed by atoms with E-state index in [-0.39, 0.29) is 6.03 Å². The van der Waals surface area contributed by atoms with Gasteiger partial charge in [-0.2, -0.15) is 0 Å². The molecular weight excluding hydrogens is 308 g/mol. The zero-order chi connectivity index (χ0) is 15.9.